The van der Waals surface area contributed by atoms with Crippen molar-refractivity contribution >= 4 is 5.57 Å². The lowest BCUT2D eigenvalue weighted by molar-refractivity contribution is 0.412. The fourth-order valence-electron chi connectivity index (χ4n) is 2.20. The topological polar surface area (TPSA) is 21.3 Å². The Balaban J connectivity index is 2.36. The number of hydrogen-bond acceptors (Lipinski definition) is 2. The molecule has 0 saturated carbocycles. The van der Waals surface area contributed by atoms with E-state index in [-0.39, 0.29) is 0 Å². The van der Waals surface area contributed by atoms with Crippen molar-refractivity contribution in [1.29, 1.82) is 0 Å². The van der Waals surface area contributed by atoms with Crippen LogP contribution in [0.2, 0.25) is 0 Å². The molecule has 0 aliphatic carbocycles. The van der Waals surface area contributed by atoms with E-state index in [1.807, 2.05) is 0 Å². The predicted molar refractivity (Wildman–Crippen MR) is 72.5 cm³/mol. The minimum atomic E-state index is 0.542. The third kappa shape index (κ3) is 2.70. The van der Waals surface area contributed by atoms with Gasteiger partial charge < -0.3 is 10.1 Å². The zero-order chi connectivity index (χ0) is 12.3. The van der Waals surface area contributed by atoms with Gasteiger partial charge in [0.1, 0.15) is 5.75 Å². The summed E-state index contributed by atoms with van der Waals surface area (Å²) in [6.07, 6.45) is 3.34. The first-order valence-electron chi connectivity index (χ1n) is 6.30. The average Bonchev–Trinajstić information content (AvgIpc) is 2.39. The van der Waals surface area contributed by atoms with Crippen LogP contribution < -0.4 is 10.1 Å². The molecule has 0 bridgehead atoms. The van der Waals surface area contributed by atoms with Crippen LogP contribution in [0.25, 0.3) is 5.57 Å². The Kier molecular flexibility index (Phi) is 3.85. The maximum Gasteiger partial charge on any atom is 0.126 e. The normalized spacial score (nSPS) is 15.9. The maximum absolute atomic E-state index is 5.53. The Bertz CT molecular complexity index is 421. The Hall–Kier alpha value is -1.28. The SMILES string of the molecule is COc1cc(C(C)C)ccc1C1=CCNCC1. The highest BCUT2D eigenvalue weighted by atomic mass is 16.5. The highest BCUT2D eigenvalue weighted by Crippen LogP contribution is 2.31. The third-order valence-electron chi connectivity index (χ3n) is 3.30. The molecule has 0 fully saturated rings. The number of methoxy groups -OCH3 is 1. The van der Waals surface area contributed by atoms with Crippen LogP contribution in [0, 0.1) is 0 Å². The van der Waals surface area contributed by atoms with E-state index >= 15 is 0 Å². The van der Waals surface area contributed by atoms with E-state index in [2.05, 4.69) is 43.4 Å². The standard InChI is InChI=1S/C15H21NO/c1-11(2)13-4-5-14(15(10-13)17-3)12-6-8-16-9-7-12/h4-6,10-11,16H,7-9H2,1-3H3. The van der Waals surface area contributed by atoms with E-state index in [9.17, 15) is 0 Å². The lowest BCUT2D eigenvalue weighted by Gasteiger charge is -2.18. The van der Waals surface area contributed by atoms with E-state index in [0.717, 1.165) is 25.3 Å². The van der Waals surface area contributed by atoms with Crippen molar-refractivity contribution in [2.45, 2.75) is 26.2 Å². The van der Waals surface area contributed by atoms with Gasteiger partial charge in [0.2, 0.25) is 0 Å². The van der Waals surface area contributed by atoms with Crippen LogP contribution >= 0.6 is 0 Å². The molecule has 1 N–H and O–H groups in total. The Labute approximate surface area is 104 Å². The minimum absolute atomic E-state index is 0.542. The molecule has 1 heterocycles. The Morgan fingerprint density at radius 2 is 2.12 bits per heavy atom. The molecule has 0 spiro atoms. The first kappa shape index (κ1) is 12.2. The van der Waals surface area contributed by atoms with E-state index in [1.54, 1.807) is 7.11 Å². The largest absolute Gasteiger partial charge is 0.496 e. The Morgan fingerprint density at radius 3 is 2.71 bits per heavy atom. The number of benzene rings is 1. The summed E-state index contributed by atoms with van der Waals surface area (Å²) in [4.78, 5) is 0. The van der Waals surface area contributed by atoms with Gasteiger partial charge in [-0.15, -0.1) is 0 Å². The van der Waals surface area contributed by atoms with Gasteiger partial charge in [0, 0.05) is 12.1 Å². The van der Waals surface area contributed by atoms with Gasteiger partial charge in [-0.1, -0.05) is 32.1 Å². The maximum atomic E-state index is 5.53. The molecule has 1 aliphatic heterocycles. The quantitative estimate of drug-likeness (QED) is 0.862. The van der Waals surface area contributed by atoms with Gasteiger partial charge in [-0.2, -0.15) is 0 Å². The third-order valence-corrected chi connectivity index (χ3v) is 3.30. The molecular formula is C15H21NO. The van der Waals surface area contributed by atoms with Crippen LogP contribution in [0.15, 0.2) is 24.3 Å². The summed E-state index contributed by atoms with van der Waals surface area (Å²) >= 11 is 0. The molecule has 2 nitrogen and oxygen atoms in total. The van der Waals surface area contributed by atoms with Gasteiger partial charge in [-0.25, -0.2) is 0 Å². The van der Waals surface area contributed by atoms with Crippen LogP contribution in [0.3, 0.4) is 0 Å². The summed E-state index contributed by atoms with van der Waals surface area (Å²) < 4.78 is 5.53. The van der Waals surface area contributed by atoms with Crippen molar-refractivity contribution in [3.63, 3.8) is 0 Å². The van der Waals surface area contributed by atoms with Gasteiger partial charge in [-0.05, 0) is 36.1 Å². The summed E-state index contributed by atoms with van der Waals surface area (Å²) in [5, 5.41) is 3.33. The van der Waals surface area contributed by atoms with E-state index < -0.39 is 0 Å². The van der Waals surface area contributed by atoms with Crippen molar-refractivity contribution in [3.8, 4) is 5.75 Å². The monoisotopic (exact) mass is 231 g/mol. The summed E-state index contributed by atoms with van der Waals surface area (Å²) in [7, 11) is 1.75. The molecule has 0 unspecified atom stereocenters. The second-order valence-corrected chi connectivity index (χ2v) is 4.80. The number of rotatable bonds is 3. The molecule has 92 valence electrons. The second kappa shape index (κ2) is 5.37. The van der Waals surface area contributed by atoms with Crippen molar-refractivity contribution < 1.29 is 4.74 Å². The first-order valence-corrected chi connectivity index (χ1v) is 6.30. The molecule has 1 aliphatic rings. The van der Waals surface area contributed by atoms with Gasteiger partial charge in [-0.3, -0.25) is 0 Å². The van der Waals surface area contributed by atoms with Crippen LogP contribution in [0.4, 0.5) is 0 Å². The highest BCUT2D eigenvalue weighted by molar-refractivity contribution is 5.71. The molecular weight excluding hydrogens is 210 g/mol. The predicted octanol–water partition coefficient (Wildman–Crippen LogP) is 3.20. The summed E-state index contributed by atoms with van der Waals surface area (Å²) in [6, 6.07) is 6.58. The molecule has 0 atom stereocenters. The highest BCUT2D eigenvalue weighted by Gasteiger charge is 2.12. The molecule has 2 heteroatoms. The zero-order valence-electron chi connectivity index (χ0n) is 10.9. The van der Waals surface area contributed by atoms with Gasteiger partial charge >= 0.3 is 0 Å². The lowest BCUT2D eigenvalue weighted by Crippen LogP contribution is -2.20. The molecule has 17 heavy (non-hydrogen) atoms. The van der Waals surface area contributed by atoms with Crippen molar-refractivity contribution in [1.82, 2.24) is 5.32 Å². The molecule has 0 aromatic heterocycles. The molecule has 0 amide bonds. The molecule has 1 aromatic rings. The fraction of sp³-hybridized carbons (Fsp3) is 0.467. The molecule has 0 radical (unpaired) electrons. The molecule has 0 saturated heterocycles. The minimum Gasteiger partial charge on any atom is -0.496 e. The number of nitrogens with one attached hydrogen (secondary N) is 1. The van der Waals surface area contributed by atoms with E-state index in [1.165, 1.54) is 16.7 Å². The van der Waals surface area contributed by atoms with Crippen LogP contribution in [-0.4, -0.2) is 20.2 Å². The summed E-state index contributed by atoms with van der Waals surface area (Å²) in [5.74, 6) is 1.55. The van der Waals surface area contributed by atoms with Gasteiger partial charge in [0.15, 0.2) is 0 Å². The molecule has 1 aromatic carbocycles. The van der Waals surface area contributed by atoms with Crippen LogP contribution in [-0.2, 0) is 0 Å². The summed E-state index contributed by atoms with van der Waals surface area (Å²) in [5.41, 5.74) is 3.98. The Morgan fingerprint density at radius 1 is 1.29 bits per heavy atom. The first-order chi connectivity index (χ1) is 8.22. The lowest BCUT2D eigenvalue weighted by atomic mass is 9.95. The fourth-order valence-corrected chi connectivity index (χ4v) is 2.20. The van der Waals surface area contributed by atoms with Crippen LogP contribution in [0.5, 0.6) is 5.75 Å². The number of hydrogen-bond donors (Lipinski definition) is 1. The van der Waals surface area contributed by atoms with Gasteiger partial charge in [0.25, 0.3) is 0 Å². The second-order valence-electron chi connectivity index (χ2n) is 4.80. The van der Waals surface area contributed by atoms with E-state index in [4.69, 9.17) is 4.74 Å². The number of ether oxygens (including phenoxy) is 1. The van der Waals surface area contributed by atoms with Crippen molar-refractivity contribution in [2.24, 2.45) is 0 Å². The summed E-state index contributed by atoms with van der Waals surface area (Å²) in [6.45, 7) is 6.43. The van der Waals surface area contributed by atoms with Crippen molar-refractivity contribution in [3.05, 3.63) is 35.4 Å². The average molecular weight is 231 g/mol. The van der Waals surface area contributed by atoms with Crippen molar-refractivity contribution in [2.75, 3.05) is 20.2 Å². The van der Waals surface area contributed by atoms with Crippen LogP contribution in [0.1, 0.15) is 37.3 Å². The van der Waals surface area contributed by atoms with Gasteiger partial charge in [0.05, 0.1) is 7.11 Å². The molecule has 2 rings (SSSR count). The smallest absolute Gasteiger partial charge is 0.126 e. The zero-order valence-corrected chi connectivity index (χ0v) is 10.9. The van der Waals surface area contributed by atoms with E-state index in [0.29, 0.717) is 5.92 Å².